The average molecular weight is 288 g/mol. The Balaban J connectivity index is 2.85. The molecule has 1 unspecified atom stereocenters. The van der Waals surface area contributed by atoms with E-state index in [-0.39, 0.29) is 24.0 Å². The molecule has 1 fully saturated rings. The van der Waals surface area contributed by atoms with Crippen LogP contribution in [0.25, 0.3) is 0 Å². The summed E-state index contributed by atoms with van der Waals surface area (Å²) in [5.41, 5.74) is -1.43. The van der Waals surface area contributed by atoms with Crippen LogP contribution in [0.3, 0.4) is 0 Å². The number of hydrogen-bond donors (Lipinski definition) is 0. The predicted molar refractivity (Wildman–Crippen MR) is 73.0 cm³/mol. The second-order valence-corrected chi connectivity index (χ2v) is 6.63. The topological polar surface area (TPSA) is 81.9 Å². The van der Waals surface area contributed by atoms with E-state index in [1.807, 2.05) is 0 Å². The van der Waals surface area contributed by atoms with Crippen LogP contribution in [0.5, 0.6) is 0 Å². The smallest absolute Gasteiger partial charge is 0.412 e. The molecule has 1 aliphatic rings. The second kappa shape index (κ2) is 5.55. The van der Waals surface area contributed by atoms with Crippen molar-refractivity contribution in [3.63, 3.8) is 0 Å². The largest absolute Gasteiger partial charge is 0.444 e. The number of carbonyl (C=O) groups is 1. The lowest BCUT2D eigenvalue weighted by Gasteiger charge is -2.35. The molecule has 0 aromatic heterocycles. The van der Waals surface area contributed by atoms with Gasteiger partial charge in [0.1, 0.15) is 11.3 Å². The maximum atomic E-state index is 12.3. The third kappa shape index (κ3) is 4.06. The van der Waals surface area contributed by atoms with Crippen LogP contribution in [0, 0.1) is 10.1 Å². The van der Waals surface area contributed by atoms with Gasteiger partial charge in [0.15, 0.2) is 0 Å². The first-order chi connectivity index (χ1) is 8.94. The van der Waals surface area contributed by atoms with Crippen LogP contribution in [0.2, 0.25) is 0 Å². The molecule has 0 aromatic carbocycles. The fourth-order valence-corrected chi connectivity index (χ4v) is 2.22. The minimum atomic E-state index is -0.816. The Hall–Kier alpha value is -1.37. The molecule has 0 N–H and O–H groups in total. The van der Waals surface area contributed by atoms with Gasteiger partial charge in [-0.2, -0.15) is 0 Å². The van der Waals surface area contributed by atoms with Gasteiger partial charge in [0, 0.05) is 18.3 Å². The fraction of sp³-hybridized carbons (Fsp3) is 0.923. The molecule has 1 heterocycles. The highest BCUT2D eigenvalue weighted by molar-refractivity contribution is 5.69. The summed E-state index contributed by atoms with van der Waals surface area (Å²) in [6, 6.07) is -1.08. The highest BCUT2D eigenvalue weighted by Crippen LogP contribution is 2.31. The van der Waals surface area contributed by atoms with Crippen molar-refractivity contribution in [2.45, 2.75) is 71.4 Å². The molecule has 0 aliphatic carbocycles. The molecule has 1 amide bonds. The third-order valence-electron chi connectivity index (χ3n) is 3.14. The van der Waals surface area contributed by atoms with Crippen LogP contribution < -0.4 is 0 Å². The van der Waals surface area contributed by atoms with Gasteiger partial charge in [-0.1, -0.05) is 0 Å². The Morgan fingerprint density at radius 2 is 2.10 bits per heavy atom. The van der Waals surface area contributed by atoms with E-state index in [0.717, 1.165) is 0 Å². The summed E-state index contributed by atoms with van der Waals surface area (Å²) < 4.78 is 11.0. The minimum absolute atomic E-state index is 0.246. The normalized spacial score (nSPS) is 23.5. The number of nitro groups is 1. The fourth-order valence-electron chi connectivity index (χ4n) is 2.22. The zero-order valence-corrected chi connectivity index (χ0v) is 13.0. The van der Waals surface area contributed by atoms with Crippen molar-refractivity contribution in [3.05, 3.63) is 10.1 Å². The average Bonchev–Trinajstić information content (AvgIpc) is 2.51. The molecule has 7 nitrogen and oxygen atoms in total. The molecule has 2 atom stereocenters. The summed E-state index contributed by atoms with van der Waals surface area (Å²) in [6.07, 6.45) is -0.254. The van der Waals surface area contributed by atoms with Gasteiger partial charge in [-0.15, -0.1) is 0 Å². The molecule has 0 spiro atoms. The van der Waals surface area contributed by atoms with Crippen molar-refractivity contribution in [1.29, 1.82) is 0 Å². The molecular weight excluding hydrogens is 264 g/mol. The van der Waals surface area contributed by atoms with Crippen molar-refractivity contribution in [2.24, 2.45) is 0 Å². The first kappa shape index (κ1) is 16.7. The lowest BCUT2D eigenvalue weighted by atomic mass is 10.1. The minimum Gasteiger partial charge on any atom is -0.444 e. The number of nitrogens with zero attached hydrogens (tertiary/aromatic N) is 2. The summed E-state index contributed by atoms with van der Waals surface area (Å²) in [6.45, 7) is 10.7. The van der Waals surface area contributed by atoms with Gasteiger partial charge in [-0.05, 0) is 34.6 Å². The Morgan fingerprint density at radius 3 is 2.55 bits per heavy atom. The number of rotatable bonds is 3. The molecule has 1 aliphatic heterocycles. The Kier molecular flexibility index (Phi) is 4.63. The first-order valence-corrected chi connectivity index (χ1v) is 6.74. The van der Waals surface area contributed by atoms with Crippen molar-refractivity contribution in [3.8, 4) is 0 Å². The number of ether oxygens (including phenoxy) is 2. The standard InChI is InChI=1S/C13H24N2O5/c1-9(15(17)18)7-10-8-19-13(5,6)14(10)11(16)20-12(2,3)4/h9-10H,7-8H2,1-6H3/t9?,10-/m1/s1. The zero-order valence-electron chi connectivity index (χ0n) is 13.0. The Morgan fingerprint density at radius 1 is 1.55 bits per heavy atom. The summed E-state index contributed by atoms with van der Waals surface area (Å²) in [7, 11) is 0. The molecule has 0 saturated carbocycles. The van der Waals surface area contributed by atoms with E-state index >= 15 is 0 Å². The molecule has 1 saturated heterocycles. The van der Waals surface area contributed by atoms with Crippen molar-refractivity contribution in [2.75, 3.05) is 6.61 Å². The third-order valence-corrected chi connectivity index (χ3v) is 3.14. The molecule has 116 valence electrons. The van der Waals surface area contributed by atoms with Crippen molar-refractivity contribution >= 4 is 6.09 Å². The zero-order chi connectivity index (χ0) is 15.7. The Labute approximate surface area is 119 Å². The van der Waals surface area contributed by atoms with E-state index in [1.54, 1.807) is 34.6 Å². The molecule has 0 radical (unpaired) electrons. The van der Waals surface area contributed by atoms with Gasteiger partial charge in [0.25, 0.3) is 0 Å². The van der Waals surface area contributed by atoms with Crippen LogP contribution in [0.4, 0.5) is 4.79 Å². The summed E-state index contributed by atoms with van der Waals surface area (Å²) in [5, 5.41) is 10.8. The van der Waals surface area contributed by atoms with Gasteiger partial charge < -0.3 is 9.47 Å². The van der Waals surface area contributed by atoms with Gasteiger partial charge in [-0.25, -0.2) is 4.79 Å². The van der Waals surface area contributed by atoms with Gasteiger partial charge >= 0.3 is 6.09 Å². The van der Waals surface area contributed by atoms with Gasteiger partial charge in [-0.3, -0.25) is 15.0 Å². The monoisotopic (exact) mass is 288 g/mol. The maximum Gasteiger partial charge on any atom is 0.412 e. The van der Waals surface area contributed by atoms with E-state index in [2.05, 4.69) is 0 Å². The van der Waals surface area contributed by atoms with Gasteiger partial charge in [0.2, 0.25) is 6.04 Å². The SMILES string of the molecule is CC(C[C@@H]1COC(C)(C)N1C(=O)OC(C)(C)C)[N+](=O)[O-]. The quantitative estimate of drug-likeness (QED) is 0.588. The van der Waals surface area contributed by atoms with E-state index in [4.69, 9.17) is 9.47 Å². The molecular formula is C13H24N2O5. The lowest BCUT2D eigenvalue weighted by molar-refractivity contribution is -0.519. The first-order valence-electron chi connectivity index (χ1n) is 6.74. The predicted octanol–water partition coefficient (Wildman–Crippen LogP) is 2.41. The van der Waals surface area contributed by atoms with E-state index in [0.29, 0.717) is 0 Å². The summed E-state index contributed by atoms with van der Waals surface area (Å²) in [5.74, 6) is 0. The number of carbonyl (C=O) groups excluding carboxylic acids is 1. The molecule has 1 rings (SSSR count). The summed E-state index contributed by atoms with van der Waals surface area (Å²) >= 11 is 0. The second-order valence-electron chi connectivity index (χ2n) is 6.63. The van der Waals surface area contributed by atoms with Crippen molar-refractivity contribution < 1.29 is 19.2 Å². The van der Waals surface area contributed by atoms with E-state index < -0.39 is 23.5 Å². The van der Waals surface area contributed by atoms with Crippen molar-refractivity contribution in [1.82, 2.24) is 4.90 Å². The van der Waals surface area contributed by atoms with Crippen LogP contribution >= 0.6 is 0 Å². The molecule has 20 heavy (non-hydrogen) atoms. The maximum absolute atomic E-state index is 12.3. The molecule has 7 heteroatoms. The highest BCUT2D eigenvalue weighted by Gasteiger charge is 2.46. The number of hydrogen-bond acceptors (Lipinski definition) is 5. The van der Waals surface area contributed by atoms with Crippen LogP contribution in [0.1, 0.15) is 48.0 Å². The summed E-state index contributed by atoms with van der Waals surface area (Å²) in [4.78, 5) is 24.2. The Bertz CT molecular complexity index is 389. The molecule has 0 bridgehead atoms. The van der Waals surface area contributed by atoms with E-state index in [1.165, 1.54) is 11.8 Å². The van der Waals surface area contributed by atoms with E-state index in [9.17, 15) is 14.9 Å². The lowest BCUT2D eigenvalue weighted by Crippen LogP contribution is -2.50. The van der Waals surface area contributed by atoms with Gasteiger partial charge in [0.05, 0.1) is 12.6 Å². The highest BCUT2D eigenvalue weighted by atomic mass is 16.6. The van der Waals surface area contributed by atoms with Crippen LogP contribution in [-0.2, 0) is 9.47 Å². The van der Waals surface area contributed by atoms with Crippen LogP contribution in [0.15, 0.2) is 0 Å². The number of amides is 1. The van der Waals surface area contributed by atoms with Crippen LogP contribution in [-0.4, -0.2) is 45.9 Å². The molecule has 0 aromatic rings.